The molecule has 0 aliphatic rings. The fraction of sp³-hybridized carbons (Fsp3) is 0.412. The number of ether oxygens (including phenoxy) is 2. The summed E-state index contributed by atoms with van der Waals surface area (Å²) >= 11 is 0. The Morgan fingerprint density at radius 1 is 1.08 bits per heavy atom. The van der Waals surface area contributed by atoms with Crippen molar-refractivity contribution in [1.82, 2.24) is 9.97 Å². The maximum atomic E-state index is 12.9. The largest absolute Gasteiger partial charge is 0.488 e. The van der Waals surface area contributed by atoms with Crippen molar-refractivity contribution in [3.63, 3.8) is 0 Å². The third kappa shape index (κ3) is 5.51. The zero-order valence-electron chi connectivity index (χ0n) is 14.4. The third-order valence-electron chi connectivity index (χ3n) is 2.87. The second-order valence-electron chi connectivity index (χ2n) is 6.21. The molecule has 1 aromatic heterocycles. The highest BCUT2D eigenvalue weighted by Gasteiger charge is 2.36. The van der Waals surface area contributed by atoms with Crippen molar-refractivity contribution in [2.24, 2.45) is 0 Å². The number of aromatic nitrogens is 2. The Kier molecular flexibility index (Phi) is 5.39. The Morgan fingerprint density at radius 3 is 2.24 bits per heavy atom. The first-order chi connectivity index (χ1) is 11.6. The molecule has 136 valence electrons. The first kappa shape index (κ1) is 18.8. The van der Waals surface area contributed by atoms with Gasteiger partial charge in [0.2, 0.25) is 11.8 Å². The van der Waals surface area contributed by atoms with Gasteiger partial charge in [-0.25, -0.2) is 4.98 Å². The molecule has 0 fully saturated rings. The van der Waals surface area contributed by atoms with Crippen LogP contribution in [0.25, 0.3) is 0 Å². The van der Waals surface area contributed by atoms with Gasteiger partial charge in [-0.1, -0.05) is 0 Å². The molecule has 0 radical (unpaired) electrons. The van der Waals surface area contributed by atoms with Crippen LogP contribution in [0, 0.1) is 0 Å². The summed E-state index contributed by atoms with van der Waals surface area (Å²) in [6.45, 7) is 7.46. The summed E-state index contributed by atoms with van der Waals surface area (Å²) in [5.41, 5.74) is -0.713. The maximum absolute atomic E-state index is 12.9. The van der Waals surface area contributed by atoms with Crippen LogP contribution >= 0.6 is 0 Å². The van der Waals surface area contributed by atoms with E-state index in [1.807, 2.05) is 20.8 Å². The summed E-state index contributed by atoms with van der Waals surface area (Å²) in [6.07, 6.45) is -3.87. The average Bonchev–Trinajstić information content (AvgIpc) is 2.47. The molecule has 2 aromatic rings. The second-order valence-corrected chi connectivity index (χ2v) is 6.21. The Labute approximate surface area is 144 Å². The van der Waals surface area contributed by atoms with E-state index in [2.05, 4.69) is 15.3 Å². The van der Waals surface area contributed by atoms with E-state index in [1.54, 1.807) is 31.2 Å². The summed E-state index contributed by atoms with van der Waals surface area (Å²) in [7, 11) is 0. The Bertz CT molecular complexity index is 711. The molecule has 0 saturated heterocycles. The standard InChI is InChI=1S/C17H20F3N3O2/c1-5-24-14-13(17(18,19)20)10-21-15(23-14)22-11-6-8-12(9-7-11)25-16(2,3)4/h6-10H,5H2,1-4H3,(H,21,22,23). The van der Waals surface area contributed by atoms with Gasteiger partial charge in [-0.3, -0.25) is 0 Å². The van der Waals surface area contributed by atoms with E-state index in [0.717, 1.165) is 0 Å². The highest BCUT2D eigenvalue weighted by molar-refractivity contribution is 5.55. The molecule has 0 aliphatic carbocycles. The van der Waals surface area contributed by atoms with Crippen molar-refractivity contribution >= 4 is 11.6 Å². The number of halogens is 3. The molecule has 0 saturated carbocycles. The number of nitrogens with one attached hydrogen (secondary N) is 1. The summed E-state index contributed by atoms with van der Waals surface area (Å²) in [6, 6.07) is 6.95. The quantitative estimate of drug-likeness (QED) is 0.834. The number of benzene rings is 1. The van der Waals surface area contributed by atoms with E-state index in [1.165, 1.54) is 0 Å². The van der Waals surface area contributed by atoms with Crippen molar-refractivity contribution in [3.8, 4) is 11.6 Å². The van der Waals surface area contributed by atoms with Gasteiger partial charge in [0.05, 0.1) is 6.61 Å². The van der Waals surface area contributed by atoms with Crippen LogP contribution < -0.4 is 14.8 Å². The second kappa shape index (κ2) is 7.16. The number of rotatable bonds is 5. The Hall–Kier alpha value is -2.51. The van der Waals surface area contributed by atoms with Gasteiger partial charge in [-0.05, 0) is 52.0 Å². The molecule has 0 aliphatic heterocycles. The molecule has 0 atom stereocenters. The Morgan fingerprint density at radius 2 is 1.72 bits per heavy atom. The fourth-order valence-corrected chi connectivity index (χ4v) is 1.96. The molecule has 2 rings (SSSR count). The third-order valence-corrected chi connectivity index (χ3v) is 2.87. The topological polar surface area (TPSA) is 56.3 Å². The minimum atomic E-state index is -4.57. The van der Waals surface area contributed by atoms with E-state index in [4.69, 9.17) is 9.47 Å². The first-order valence-electron chi connectivity index (χ1n) is 7.71. The van der Waals surface area contributed by atoms with Gasteiger partial charge in [-0.15, -0.1) is 0 Å². The van der Waals surface area contributed by atoms with Gasteiger partial charge in [0.1, 0.15) is 16.9 Å². The van der Waals surface area contributed by atoms with Crippen LogP contribution in [0.4, 0.5) is 24.8 Å². The monoisotopic (exact) mass is 355 g/mol. The summed E-state index contributed by atoms with van der Waals surface area (Å²) in [5.74, 6) is 0.197. The normalized spacial score (nSPS) is 12.0. The lowest BCUT2D eigenvalue weighted by Crippen LogP contribution is -2.22. The number of anilines is 2. The molecule has 1 heterocycles. The average molecular weight is 355 g/mol. The smallest absolute Gasteiger partial charge is 0.423 e. The van der Waals surface area contributed by atoms with Crippen molar-refractivity contribution in [3.05, 3.63) is 36.0 Å². The van der Waals surface area contributed by atoms with E-state index in [-0.39, 0.29) is 18.2 Å². The first-order valence-corrected chi connectivity index (χ1v) is 7.71. The predicted molar refractivity (Wildman–Crippen MR) is 88.3 cm³/mol. The van der Waals surface area contributed by atoms with Crippen LogP contribution in [0.1, 0.15) is 33.3 Å². The molecule has 8 heteroatoms. The molecular formula is C17H20F3N3O2. The maximum Gasteiger partial charge on any atom is 0.423 e. The number of alkyl halides is 3. The van der Waals surface area contributed by atoms with E-state index in [9.17, 15) is 13.2 Å². The van der Waals surface area contributed by atoms with Crippen molar-refractivity contribution in [1.29, 1.82) is 0 Å². The molecule has 1 N–H and O–H groups in total. The van der Waals surface area contributed by atoms with Crippen LogP contribution in [0.15, 0.2) is 30.5 Å². The summed E-state index contributed by atoms with van der Waals surface area (Å²) in [5, 5.41) is 2.85. The lowest BCUT2D eigenvalue weighted by Gasteiger charge is -2.21. The number of hydrogen-bond acceptors (Lipinski definition) is 5. The van der Waals surface area contributed by atoms with Crippen LogP contribution in [-0.2, 0) is 6.18 Å². The Balaban J connectivity index is 2.18. The lowest BCUT2D eigenvalue weighted by molar-refractivity contribution is -0.139. The highest BCUT2D eigenvalue weighted by Crippen LogP contribution is 2.35. The van der Waals surface area contributed by atoms with Crippen molar-refractivity contribution in [2.45, 2.75) is 39.5 Å². The van der Waals surface area contributed by atoms with Crippen LogP contribution in [-0.4, -0.2) is 22.2 Å². The van der Waals surface area contributed by atoms with Gasteiger partial charge >= 0.3 is 6.18 Å². The lowest BCUT2D eigenvalue weighted by atomic mass is 10.2. The van der Waals surface area contributed by atoms with Gasteiger partial charge in [0.25, 0.3) is 0 Å². The minimum Gasteiger partial charge on any atom is -0.488 e. The molecule has 0 amide bonds. The van der Waals surface area contributed by atoms with E-state index in [0.29, 0.717) is 17.6 Å². The molecule has 0 spiro atoms. The van der Waals surface area contributed by atoms with Crippen molar-refractivity contribution < 1.29 is 22.6 Å². The number of hydrogen-bond donors (Lipinski definition) is 1. The molecule has 0 bridgehead atoms. The minimum absolute atomic E-state index is 0.0148. The predicted octanol–water partition coefficient (Wildman–Crippen LogP) is 4.82. The molecular weight excluding hydrogens is 335 g/mol. The van der Waals surface area contributed by atoms with Crippen LogP contribution in [0.5, 0.6) is 11.6 Å². The zero-order valence-corrected chi connectivity index (χ0v) is 14.4. The van der Waals surface area contributed by atoms with E-state index >= 15 is 0 Å². The van der Waals surface area contributed by atoms with Gasteiger partial charge in [0.15, 0.2) is 0 Å². The van der Waals surface area contributed by atoms with E-state index < -0.39 is 17.6 Å². The van der Waals surface area contributed by atoms with Crippen molar-refractivity contribution in [2.75, 3.05) is 11.9 Å². The molecule has 25 heavy (non-hydrogen) atoms. The molecule has 1 aromatic carbocycles. The van der Waals surface area contributed by atoms with Gasteiger partial charge < -0.3 is 14.8 Å². The van der Waals surface area contributed by atoms with Crippen LogP contribution in [0.2, 0.25) is 0 Å². The zero-order chi connectivity index (χ0) is 18.7. The van der Waals surface area contributed by atoms with Crippen LogP contribution in [0.3, 0.4) is 0 Å². The number of nitrogens with zero attached hydrogens (tertiary/aromatic N) is 2. The SMILES string of the molecule is CCOc1nc(Nc2ccc(OC(C)(C)C)cc2)ncc1C(F)(F)F. The fourth-order valence-electron chi connectivity index (χ4n) is 1.96. The molecule has 0 unspecified atom stereocenters. The van der Waals surface area contributed by atoms with Gasteiger partial charge in [-0.2, -0.15) is 18.2 Å². The summed E-state index contributed by atoms with van der Waals surface area (Å²) < 4.78 is 49.4. The highest BCUT2D eigenvalue weighted by atomic mass is 19.4. The summed E-state index contributed by atoms with van der Waals surface area (Å²) in [4.78, 5) is 7.52. The molecule has 5 nitrogen and oxygen atoms in total. The van der Waals surface area contributed by atoms with Gasteiger partial charge in [0, 0.05) is 11.9 Å².